The number of alkyl carbamates (subject to hydrolysis) is 1. The van der Waals surface area contributed by atoms with Crippen LogP contribution in [-0.4, -0.2) is 40.5 Å². The third kappa shape index (κ3) is 4.75. The summed E-state index contributed by atoms with van der Waals surface area (Å²) in [6.07, 6.45) is 0.265. The topological polar surface area (TPSA) is 58.6 Å². The third-order valence-electron chi connectivity index (χ3n) is 2.04. The molecule has 0 aromatic heterocycles. The van der Waals surface area contributed by atoms with Crippen LogP contribution >= 0.6 is 11.8 Å². The van der Waals surface area contributed by atoms with Gasteiger partial charge >= 0.3 is 6.09 Å². The van der Waals surface area contributed by atoms with E-state index < -0.39 is 17.3 Å². The fourth-order valence-electron chi connectivity index (χ4n) is 1.29. The van der Waals surface area contributed by atoms with E-state index in [1.807, 2.05) is 20.8 Å². The number of rotatable bonds is 2. The summed E-state index contributed by atoms with van der Waals surface area (Å²) in [5, 5.41) is 12.5. The largest absolute Gasteiger partial charge is 0.444 e. The highest BCUT2D eigenvalue weighted by atomic mass is 32.2. The van der Waals surface area contributed by atoms with E-state index in [0.29, 0.717) is 5.75 Å². The number of aliphatic hydroxyl groups is 1. The van der Waals surface area contributed by atoms with Gasteiger partial charge in [0.15, 0.2) is 0 Å². The van der Waals surface area contributed by atoms with Crippen molar-refractivity contribution in [2.24, 2.45) is 0 Å². The van der Waals surface area contributed by atoms with Crippen LogP contribution in [-0.2, 0) is 4.74 Å². The predicted octanol–water partition coefficient (Wildman–Crippen LogP) is 1.38. The van der Waals surface area contributed by atoms with E-state index in [1.165, 1.54) is 0 Å². The molecular weight excluding hydrogens is 214 g/mol. The minimum Gasteiger partial charge on any atom is -0.444 e. The number of nitrogens with one attached hydrogen (secondary N) is 1. The van der Waals surface area contributed by atoms with Crippen molar-refractivity contribution >= 4 is 17.9 Å². The molecule has 0 radical (unpaired) electrons. The van der Waals surface area contributed by atoms with Gasteiger partial charge in [-0.05, 0) is 32.9 Å². The average Bonchev–Trinajstić information content (AvgIpc) is 2.47. The quantitative estimate of drug-likeness (QED) is 0.756. The zero-order valence-corrected chi connectivity index (χ0v) is 10.3. The number of carbonyl (C=O) groups is 1. The van der Waals surface area contributed by atoms with Gasteiger partial charge in [0.05, 0.1) is 12.1 Å². The van der Waals surface area contributed by atoms with E-state index in [2.05, 4.69) is 5.32 Å². The first-order chi connectivity index (χ1) is 6.81. The Morgan fingerprint density at radius 2 is 2.27 bits per heavy atom. The maximum absolute atomic E-state index is 11.3. The molecule has 1 amide bonds. The van der Waals surface area contributed by atoms with Gasteiger partial charge in [-0.1, -0.05) is 0 Å². The van der Waals surface area contributed by atoms with E-state index in [4.69, 9.17) is 4.74 Å². The second-order valence-corrected chi connectivity index (χ2v) is 5.99. The maximum Gasteiger partial charge on any atom is 0.407 e. The summed E-state index contributed by atoms with van der Waals surface area (Å²) >= 11 is 1.70. The molecule has 1 atom stereocenters. The Morgan fingerprint density at radius 3 is 2.73 bits per heavy atom. The van der Waals surface area contributed by atoms with Gasteiger partial charge in [0.25, 0.3) is 0 Å². The standard InChI is InChI=1S/C10H19NO3S/c1-9(2,3)14-8(12)11-6-10(13)4-5-15-7-10/h13H,4-7H2,1-3H3,(H,11,12)/t10-/m1/s1. The van der Waals surface area contributed by atoms with Gasteiger partial charge in [0.1, 0.15) is 5.60 Å². The van der Waals surface area contributed by atoms with Crippen LogP contribution in [0.1, 0.15) is 27.2 Å². The molecule has 2 N–H and O–H groups in total. The van der Waals surface area contributed by atoms with Crippen LogP contribution in [0.5, 0.6) is 0 Å². The summed E-state index contributed by atoms with van der Waals surface area (Å²) in [5.74, 6) is 1.63. The molecule has 1 heterocycles. The summed E-state index contributed by atoms with van der Waals surface area (Å²) in [5.41, 5.74) is -1.24. The van der Waals surface area contributed by atoms with Gasteiger partial charge < -0.3 is 15.2 Å². The molecule has 0 aliphatic carbocycles. The van der Waals surface area contributed by atoms with Gasteiger partial charge in [-0.3, -0.25) is 0 Å². The average molecular weight is 233 g/mol. The number of hydrogen-bond donors (Lipinski definition) is 2. The predicted molar refractivity (Wildman–Crippen MR) is 61.1 cm³/mol. The molecule has 88 valence electrons. The summed E-state index contributed by atoms with van der Waals surface area (Å²) in [6, 6.07) is 0. The van der Waals surface area contributed by atoms with Gasteiger partial charge in [-0.25, -0.2) is 4.79 Å². The van der Waals surface area contributed by atoms with Crippen molar-refractivity contribution in [1.29, 1.82) is 0 Å². The lowest BCUT2D eigenvalue weighted by Gasteiger charge is -2.24. The zero-order valence-electron chi connectivity index (χ0n) is 9.50. The van der Waals surface area contributed by atoms with Gasteiger partial charge in [-0.15, -0.1) is 0 Å². The van der Waals surface area contributed by atoms with Crippen molar-refractivity contribution in [3.63, 3.8) is 0 Å². The molecule has 0 aromatic rings. The Bertz CT molecular complexity index is 231. The molecule has 0 aromatic carbocycles. The normalized spacial score (nSPS) is 26.4. The van der Waals surface area contributed by atoms with E-state index in [-0.39, 0.29) is 6.54 Å². The summed E-state index contributed by atoms with van der Waals surface area (Å²) < 4.78 is 5.07. The fraction of sp³-hybridized carbons (Fsp3) is 0.900. The van der Waals surface area contributed by atoms with Crippen molar-refractivity contribution in [2.45, 2.75) is 38.4 Å². The first-order valence-electron chi connectivity index (χ1n) is 5.08. The van der Waals surface area contributed by atoms with Crippen LogP contribution in [0.2, 0.25) is 0 Å². The summed E-state index contributed by atoms with van der Waals surface area (Å²) in [6.45, 7) is 5.71. The lowest BCUT2D eigenvalue weighted by atomic mass is 10.0. The SMILES string of the molecule is CC(C)(C)OC(=O)NC[C@]1(O)CCSC1. The second kappa shape index (κ2) is 4.61. The van der Waals surface area contributed by atoms with E-state index in [0.717, 1.165) is 12.2 Å². The van der Waals surface area contributed by atoms with Crippen LogP contribution < -0.4 is 5.32 Å². The minimum absolute atomic E-state index is 0.273. The van der Waals surface area contributed by atoms with Crippen molar-refractivity contribution in [2.75, 3.05) is 18.1 Å². The number of hydrogen-bond acceptors (Lipinski definition) is 4. The molecule has 0 unspecified atom stereocenters. The Hall–Kier alpha value is -0.420. The molecule has 1 saturated heterocycles. The monoisotopic (exact) mass is 233 g/mol. The van der Waals surface area contributed by atoms with Gasteiger partial charge in [0, 0.05) is 5.75 Å². The van der Waals surface area contributed by atoms with Crippen LogP contribution in [0.15, 0.2) is 0 Å². The van der Waals surface area contributed by atoms with Crippen LogP contribution in [0.3, 0.4) is 0 Å². The molecule has 1 rings (SSSR count). The Labute approximate surface area is 94.8 Å². The number of amides is 1. The molecule has 5 heteroatoms. The molecule has 1 aliphatic heterocycles. The van der Waals surface area contributed by atoms with Gasteiger partial charge in [-0.2, -0.15) is 11.8 Å². The minimum atomic E-state index is -0.748. The first kappa shape index (κ1) is 12.6. The van der Waals surface area contributed by atoms with E-state index in [1.54, 1.807) is 11.8 Å². The molecule has 0 saturated carbocycles. The smallest absolute Gasteiger partial charge is 0.407 e. The molecule has 1 fully saturated rings. The lowest BCUT2D eigenvalue weighted by molar-refractivity contribution is 0.0361. The summed E-state index contributed by atoms with van der Waals surface area (Å²) in [7, 11) is 0. The number of carbonyl (C=O) groups excluding carboxylic acids is 1. The Kier molecular flexibility index (Phi) is 3.89. The van der Waals surface area contributed by atoms with Crippen molar-refractivity contribution in [3.8, 4) is 0 Å². The second-order valence-electron chi connectivity index (χ2n) is 4.88. The van der Waals surface area contributed by atoms with Crippen molar-refractivity contribution in [3.05, 3.63) is 0 Å². The highest BCUT2D eigenvalue weighted by Crippen LogP contribution is 2.26. The molecular formula is C10H19NO3S. The van der Waals surface area contributed by atoms with E-state index >= 15 is 0 Å². The van der Waals surface area contributed by atoms with Crippen LogP contribution in [0.4, 0.5) is 4.79 Å². The van der Waals surface area contributed by atoms with Crippen LogP contribution in [0, 0.1) is 0 Å². The molecule has 15 heavy (non-hydrogen) atoms. The molecule has 0 bridgehead atoms. The number of ether oxygens (including phenoxy) is 1. The zero-order chi connectivity index (χ0) is 11.5. The van der Waals surface area contributed by atoms with Crippen molar-refractivity contribution in [1.82, 2.24) is 5.32 Å². The van der Waals surface area contributed by atoms with Crippen LogP contribution in [0.25, 0.3) is 0 Å². The summed E-state index contributed by atoms with van der Waals surface area (Å²) in [4.78, 5) is 11.3. The highest BCUT2D eigenvalue weighted by molar-refractivity contribution is 7.99. The molecule has 4 nitrogen and oxygen atoms in total. The molecule has 1 aliphatic rings. The third-order valence-corrected chi connectivity index (χ3v) is 3.28. The molecule has 0 spiro atoms. The lowest BCUT2D eigenvalue weighted by Crippen LogP contribution is -2.44. The fourth-order valence-corrected chi connectivity index (χ4v) is 2.58. The Morgan fingerprint density at radius 1 is 1.60 bits per heavy atom. The van der Waals surface area contributed by atoms with Crippen molar-refractivity contribution < 1.29 is 14.6 Å². The first-order valence-corrected chi connectivity index (χ1v) is 6.23. The number of thioether (sulfide) groups is 1. The highest BCUT2D eigenvalue weighted by Gasteiger charge is 2.32. The maximum atomic E-state index is 11.3. The van der Waals surface area contributed by atoms with Gasteiger partial charge in [0.2, 0.25) is 0 Å². The Balaban J connectivity index is 2.28. The van der Waals surface area contributed by atoms with E-state index in [9.17, 15) is 9.90 Å².